The average molecular weight is 244 g/mol. The zero-order chi connectivity index (χ0) is 12.5. The van der Waals surface area contributed by atoms with Crippen LogP contribution in [0.5, 0.6) is 0 Å². The number of benzene rings is 1. The highest BCUT2D eigenvalue weighted by Gasteiger charge is 2.15. The molecule has 3 aromatic rings. The molecule has 0 radical (unpaired) electrons. The Morgan fingerprint density at radius 2 is 2.22 bits per heavy atom. The number of oxazole rings is 1. The molecule has 0 fully saturated rings. The summed E-state index contributed by atoms with van der Waals surface area (Å²) in [4.78, 5) is 13.7. The van der Waals surface area contributed by atoms with Gasteiger partial charge in [0.2, 0.25) is 0 Å². The van der Waals surface area contributed by atoms with Crippen molar-refractivity contribution < 1.29 is 8.83 Å². The largest absolute Gasteiger partial charge is 0.467 e. The van der Waals surface area contributed by atoms with E-state index in [1.165, 1.54) is 0 Å². The summed E-state index contributed by atoms with van der Waals surface area (Å²) >= 11 is 0. The highest BCUT2D eigenvalue weighted by molar-refractivity contribution is 5.73. The van der Waals surface area contributed by atoms with E-state index < -0.39 is 5.76 Å². The van der Waals surface area contributed by atoms with Crippen LogP contribution in [0.25, 0.3) is 11.1 Å². The lowest BCUT2D eigenvalue weighted by Gasteiger charge is -2.13. The van der Waals surface area contributed by atoms with Gasteiger partial charge in [-0.2, -0.15) is 0 Å². The van der Waals surface area contributed by atoms with Gasteiger partial charge in [0, 0.05) is 0 Å². The molecule has 0 saturated carbocycles. The minimum Gasteiger partial charge on any atom is -0.467 e. The van der Waals surface area contributed by atoms with Crippen LogP contribution in [0.4, 0.5) is 0 Å². The van der Waals surface area contributed by atoms with Crippen LogP contribution in [-0.4, -0.2) is 12.0 Å². The Kier molecular flexibility index (Phi) is 2.53. The topological polar surface area (TPSA) is 71.2 Å². The molecular formula is C13H12N2O3. The van der Waals surface area contributed by atoms with Gasteiger partial charge in [-0.15, -0.1) is 0 Å². The first kappa shape index (κ1) is 10.9. The second-order valence-electron chi connectivity index (χ2n) is 4.01. The van der Waals surface area contributed by atoms with Crippen LogP contribution in [0.2, 0.25) is 0 Å². The Morgan fingerprint density at radius 3 is 2.94 bits per heavy atom. The molecule has 1 aromatic carbocycles. The standard InChI is InChI=1S/C13H12N2O3/c1-14-12(10-3-2-6-17-10)8-4-5-9-11(7-8)18-13(16)15-9/h2-7,12,14H,1H3,(H,15,16). The quantitative estimate of drug-likeness (QED) is 0.739. The van der Waals surface area contributed by atoms with E-state index in [1.807, 2.05) is 37.4 Å². The predicted octanol–water partition coefficient (Wildman–Crippen LogP) is 2.02. The molecule has 2 aromatic heterocycles. The number of H-pyrrole nitrogens is 1. The van der Waals surface area contributed by atoms with Crippen molar-refractivity contribution in [1.82, 2.24) is 10.3 Å². The summed E-state index contributed by atoms with van der Waals surface area (Å²) in [6.07, 6.45) is 1.63. The monoisotopic (exact) mass is 244 g/mol. The van der Waals surface area contributed by atoms with Crippen LogP contribution in [0, 0.1) is 0 Å². The van der Waals surface area contributed by atoms with E-state index in [0.29, 0.717) is 11.1 Å². The van der Waals surface area contributed by atoms with Gasteiger partial charge in [0.25, 0.3) is 0 Å². The summed E-state index contributed by atoms with van der Waals surface area (Å²) in [6, 6.07) is 9.26. The third kappa shape index (κ3) is 1.74. The van der Waals surface area contributed by atoms with Crippen LogP contribution in [0.15, 0.2) is 50.2 Å². The van der Waals surface area contributed by atoms with Gasteiger partial charge in [-0.25, -0.2) is 4.79 Å². The van der Waals surface area contributed by atoms with Crippen molar-refractivity contribution in [2.24, 2.45) is 0 Å². The molecule has 0 aliphatic heterocycles. The zero-order valence-corrected chi connectivity index (χ0v) is 9.77. The Hall–Kier alpha value is -2.27. The maximum atomic E-state index is 11.1. The fourth-order valence-corrected chi connectivity index (χ4v) is 2.07. The average Bonchev–Trinajstić information content (AvgIpc) is 2.97. The van der Waals surface area contributed by atoms with Gasteiger partial charge < -0.3 is 14.2 Å². The van der Waals surface area contributed by atoms with Crippen molar-refractivity contribution in [1.29, 1.82) is 0 Å². The van der Waals surface area contributed by atoms with Crippen LogP contribution in [-0.2, 0) is 0 Å². The molecule has 3 rings (SSSR count). The number of fused-ring (bicyclic) bond motifs is 1. The SMILES string of the molecule is CNC(c1ccc2[nH]c(=O)oc2c1)c1ccco1. The van der Waals surface area contributed by atoms with Crippen molar-refractivity contribution in [2.75, 3.05) is 7.05 Å². The maximum Gasteiger partial charge on any atom is 0.417 e. The molecule has 2 heterocycles. The smallest absolute Gasteiger partial charge is 0.417 e. The lowest BCUT2D eigenvalue weighted by molar-refractivity contribution is 0.463. The van der Waals surface area contributed by atoms with Gasteiger partial charge in [0.1, 0.15) is 5.76 Å². The molecule has 0 aliphatic rings. The van der Waals surface area contributed by atoms with Gasteiger partial charge in [0.15, 0.2) is 5.58 Å². The van der Waals surface area contributed by atoms with E-state index in [0.717, 1.165) is 11.3 Å². The van der Waals surface area contributed by atoms with E-state index >= 15 is 0 Å². The third-order valence-electron chi connectivity index (χ3n) is 2.89. The fraction of sp³-hybridized carbons (Fsp3) is 0.154. The number of furan rings is 1. The first-order chi connectivity index (χ1) is 8.78. The minimum absolute atomic E-state index is 0.0652. The summed E-state index contributed by atoms with van der Waals surface area (Å²) in [5, 5.41) is 3.17. The molecule has 1 unspecified atom stereocenters. The normalized spacial score (nSPS) is 12.9. The Balaban J connectivity index is 2.09. The number of nitrogens with one attached hydrogen (secondary N) is 2. The lowest BCUT2D eigenvalue weighted by Crippen LogP contribution is -2.16. The third-order valence-corrected chi connectivity index (χ3v) is 2.89. The Labute approximate surface area is 102 Å². The molecule has 0 saturated heterocycles. The molecule has 92 valence electrons. The molecule has 1 atom stereocenters. The highest BCUT2D eigenvalue weighted by Crippen LogP contribution is 2.24. The molecule has 0 spiro atoms. The number of aromatic amines is 1. The second kappa shape index (κ2) is 4.19. The molecular weight excluding hydrogens is 232 g/mol. The maximum absolute atomic E-state index is 11.1. The van der Waals surface area contributed by atoms with Crippen molar-refractivity contribution in [3.8, 4) is 0 Å². The summed E-state index contributed by atoms with van der Waals surface area (Å²) < 4.78 is 10.4. The molecule has 5 nitrogen and oxygen atoms in total. The van der Waals surface area contributed by atoms with Crippen LogP contribution >= 0.6 is 0 Å². The van der Waals surface area contributed by atoms with Gasteiger partial charge in [0.05, 0.1) is 17.8 Å². The van der Waals surface area contributed by atoms with E-state index in [1.54, 1.807) is 6.26 Å². The molecule has 2 N–H and O–H groups in total. The van der Waals surface area contributed by atoms with E-state index in [-0.39, 0.29) is 6.04 Å². The first-order valence-electron chi connectivity index (χ1n) is 5.61. The van der Waals surface area contributed by atoms with Crippen molar-refractivity contribution in [3.05, 3.63) is 58.5 Å². The molecule has 18 heavy (non-hydrogen) atoms. The summed E-state index contributed by atoms with van der Waals surface area (Å²) in [5.41, 5.74) is 2.21. The second-order valence-corrected chi connectivity index (χ2v) is 4.01. The minimum atomic E-state index is -0.443. The molecule has 5 heteroatoms. The summed E-state index contributed by atoms with van der Waals surface area (Å²) in [7, 11) is 1.85. The Morgan fingerprint density at radius 1 is 1.33 bits per heavy atom. The van der Waals surface area contributed by atoms with Crippen LogP contribution < -0.4 is 11.1 Å². The number of rotatable bonds is 3. The zero-order valence-electron chi connectivity index (χ0n) is 9.77. The van der Waals surface area contributed by atoms with Gasteiger partial charge in [-0.3, -0.25) is 4.98 Å². The summed E-state index contributed by atoms with van der Waals surface area (Å²) in [6.45, 7) is 0. The fourth-order valence-electron chi connectivity index (χ4n) is 2.07. The van der Waals surface area contributed by atoms with Crippen molar-refractivity contribution >= 4 is 11.1 Å². The lowest BCUT2D eigenvalue weighted by atomic mass is 10.0. The molecule has 0 aliphatic carbocycles. The van der Waals surface area contributed by atoms with Crippen molar-refractivity contribution in [2.45, 2.75) is 6.04 Å². The number of hydrogen-bond acceptors (Lipinski definition) is 4. The number of aromatic nitrogens is 1. The Bertz CT molecular complexity index is 709. The van der Waals surface area contributed by atoms with Gasteiger partial charge in [-0.05, 0) is 36.9 Å². The van der Waals surface area contributed by atoms with Crippen LogP contribution in [0.3, 0.4) is 0 Å². The van der Waals surface area contributed by atoms with Crippen molar-refractivity contribution in [3.63, 3.8) is 0 Å². The van der Waals surface area contributed by atoms with Crippen LogP contribution in [0.1, 0.15) is 17.4 Å². The highest BCUT2D eigenvalue weighted by atomic mass is 16.4. The number of hydrogen-bond donors (Lipinski definition) is 2. The molecule has 0 amide bonds. The van der Waals surface area contributed by atoms with E-state index in [4.69, 9.17) is 8.83 Å². The molecule has 0 bridgehead atoms. The van der Waals surface area contributed by atoms with Gasteiger partial charge >= 0.3 is 5.76 Å². The van der Waals surface area contributed by atoms with E-state index in [2.05, 4.69) is 10.3 Å². The van der Waals surface area contributed by atoms with E-state index in [9.17, 15) is 4.79 Å². The first-order valence-corrected chi connectivity index (χ1v) is 5.61. The van der Waals surface area contributed by atoms with Gasteiger partial charge in [-0.1, -0.05) is 6.07 Å². The predicted molar refractivity (Wildman–Crippen MR) is 66.4 cm³/mol. The summed E-state index contributed by atoms with van der Waals surface area (Å²) in [5.74, 6) is 0.371.